The number of hydrogen-bond acceptors (Lipinski definition) is 3. The third-order valence-corrected chi connectivity index (χ3v) is 2.41. The van der Waals surface area contributed by atoms with Crippen molar-refractivity contribution in [3.63, 3.8) is 0 Å². The number of methoxy groups -OCH3 is 2. The van der Waals surface area contributed by atoms with Gasteiger partial charge in [0, 0.05) is 0 Å². The normalized spacial score (nSPS) is 9.80. The Kier molecular flexibility index (Phi) is 4.83. The van der Waals surface area contributed by atoms with E-state index >= 15 is 0 Å². The Labute approximate surface area is 97.9 Å². The molecule has 0 spiro atoms. The standard InChI is InChI=1S/C11H14O3.Cr/c1-4-14-8-9-10(12-2)6-5-7-11(9)13-3;/h5-7H,4H2,1-3H3;. The third kappa shape index (κ3) is 2.82. The maximum absolute atomic E-state index is 5.41. The molecule has 0 aromatic heterocycles. The fourth-order valence-electron chi connectivity index (χ4n) is 1.26. The van der Waals surface area contributed by atoms with Gasteiger partial charge in [0.25, 0.3) is 0 Å². The SMILES string of the molecule is CCO[C](=[Cr])c1c(OC)cccc1OC. The van der Waals surface area contributed by atoms with Gasteiger partial charge >= 0.3 is 97.6 Å². The molecule has 3 nitrogen and oxygen atoms in total. The molecule has 82 valence electrons. The van der Waals surface area contributed by atoms with Crippen LogP contribution in [0.2, 0.25) is 0 Å². The molecule has 0 radical (unpaired) electrons. The van der Waals surface area contributed by atoms with Gasteiger partial charge in [-0.3, -0.25) is 0 Å². The summed E-state index contributed by atoms with van der Waals surface area (Å²) < 4.78 is 16.6. The van der Waals surface area contributed by atoms with Crippen LogP contribution in [0.15, 0.2) is 18.2 Å². The molecule has 0 saturated carbocycles. The summed E-state index contributed by atoms with van der Waals surface area (Å²) >= 11 is 2.88. The van der Waals surface area contributed by atoms with Gasteiger partial charge < -0.3 is 0 Å². The first-order valence-corrected chi connectivity index (χ1v) is 5.26. The molecule has 1 aromatic rings. The average Bonchev–Trinajstić information content (AvgIpc) is 2.28. The van der Waals surface area contributed by atoms with Crippen LogP contribution < -0.4 is 9.47 Å². The van der Waals surface area contributed by atoms with E-state index in [-0.39, 0.29) is 0 Å². The summed E-state index contributed by atoms with van der Waals surface area (Å²) in [5.41, 5.74) is 0.823. The van der Waals surface area contributed by atoms with Crippen molar-refractivity contribution >= 4 is 4.57 Å². The van der Waals surface area contributed by atoms with Gasteiger partial charge in [0.2, 0.25) is 0 Å². The molecular formula is C11H14CrO3. The van der Waals surface area contributed by atoms with E-state index in [1.54, 1.807) is 14.2 Å². The van der Waals surface area contributed by atoms with Gasteiger partial charge in [0.1, 0.15) is 0 Å². The Morgan fingerprint density at radius 1 is 1.20 bits per heavy atom. The first-order valence-electron chi connectivity index (χ1n) is 4.62. The van der Waals surface area contributed by atoms with E-state index in [9.17, 15) is 0 Å². The van der Waals surface area contributed by atoms with Crippen LogP contribution in [0.3, 0.4) is 0 Å². The van der Waals surface area contributed by atoms with Crippen molar-refractivity contribution < 1.29 is 30.1 Å². The molecule has 0 aliphatic rings. The molecule has 15 heavy (non-hydrogen) atoms. The number of hydrogen-bond donors (Lipinski definition) is 0. The molecule has 4 heteroatoms. The van der Waals surface area contributed by atoms with E-state index in [2.05, 4.69) is 15.9 Å². The van der Waals surface area contributed by atoms with Crippen molar-refractivity contribution in [2.45, 2.75) is 6.92 Å². The minimum absolute atomic E-state index is 0.601. The summed E-state index contributed by atoms with van der Waals surface area (Å²) in [5.74, 6) is 1.47. The van der Waals surface area contributed by atoms with Gasteiger partial charge in [-0.25, -0.2) is 0 Å². The molecule has 0 N–H and O–H groups in total. The second-order valence-electron chi connectivity index (χ2n) is 2.76. The van der Waals surface area contributed by atoms with Crippen LogP contribution in [-0.2, 0) is 20.6 Å². The van der Waals surface area contributed by atoms with Crippen LogP contribution in [0.1, 0.15) is 12.5 Å². The molecule has 0 unspecified atom stereocenters. The van der Waals surface area contributed by atoms with Crippen molar-refractivity contribution in [1.29, 1.82) is 0 Å². The van der Waals surface area contributed by atoms with Crippen LogP contribution in [-0.4, -0.2) is 25.4 Å². The monoisotopic (exact) mass is 246 g/mol. The van der Waals surface area contributed by atoms with Crippen LogP contribution in [0.25, 0.3) is 0 Å². The van der Waals surface area contributed by atoms with Crippen molar-refractivity contribution in [1.82, 2.24) is 0 Å². The predicted molar refractivity (Wildman–Crippen MR) is 55.3 cm³/mol. The van der Waals surface area contributed by atoms with E-state index in [0.717, 1.165) is 17.1 Å². The Balaban J connectivity index is 3.15. The van der Waals surface area contributed by atoms with Crippen LogP contribution in [0.4, 0.5) is 0 Å². The molecule has 0 fully saturated rings. The molecule has 0 heterocycles. The summed E-state index contributed by atoms with van der Waals surface area (Å²) in [6.07, 6.45) is 0. The molecule has 0 amide bonds. The number of benzene rings is 1. The maximum atomic E-state index is 5.41. The van der Waals surface area contributed by atoms with Gasteiger partial charge in [-0.1, -0.05) is 0 Å². The van der Waals surface area contributed by atoms with Crippen molar-refractivity contribution in [2.75, 3.05) is 20.8 Å². The quantitative estimate of drug-likeness (QED) is 0.792. The number of rotatable bonds is 5. The fourth-order valence-corrected chi connectivity index (χ4v) is 1.75. The van der Waals surface area contributed by atoms with E-state index in [4.69, 9.17) is 14.2 Å². The van der Waals surface area contributed by atoms with Crippen molar-refractivity contribution in [3.8, 4) is 11.5 Å². The molecule has 0 bridgehead atoms. The molecule has 0 saturated heterocycles. The first-order chi connectivity index (χ1) is 7.24. The minimum atomic E-state index is 0.601. The predicted octanol–water partition coefficient (Wildman–Crippen LogP) is 1.77. The van der Waals surface area contributed by atoms with E-state index in [0.29, 0.717) is 11.2 Å². The van der Waals surface area contributed by atoms with E-state index < -0.39 is 0 Å². The zero-order chi connectivity index (χ0) is 11.3. The Hall–Kier alpha value is -0.818. The fraction of sp³-hybridized carbons (Fsp3) is 0.364. The van der Waals surface area contributed by atoms with Gasteiger partial charge in [-0.05, 0) is 0 Å². The zero-order valence-electron chi connectivity index (χ0n) is 9.07. The van der Waals surface area contributed by atoms with Crippen LogP contribution >= 0.6 is 0 Å². The van der Waals surface area contributed by atoms with Crippen LogP contribution in [0.5, 0.6) is 11.5 Å². The number of ether oxygens (including phenoxy) is 3. The zero-order valence-corrected chi connectivity index (χ0v) is 10.3. The summed E-state index contributed by atoms with van der Waals surface area (Å²) in [6, 6.07) is 5.61. The second kappa shape index (κ2) is 5.92. The molecule has 0 aliphatic heterocycles. The molecule has 0 atom stereocenters. The van der Waals surface area contributed by atoms with Crippen LogP contribution in [0, 0.1) is 0 Å². The molecule has 1 aromatic carbocycles. The Morgan fingerprint density at radius 2 is 1.73 bits per heavy atom. The summed E-state index contributed by atoms with van der Waals surface area (Å²) in [5, 5.41) is 0. The van der Waals surface area contributed by atoms with E-state index in [1.165, 1.54) is 0 Å². The summed E-state index contributed by atoms with van der Waals surface area (Å²) in [7, 11) is 3.25. The average molecular weight is 246 g/mol. The molecule has 0 aliphatic carbocycles. The van der Waals surface area contributed by atoms with Gasteiger partial charge in [0.15, 0.2) is 0 Å². The summed E-state index contributed by atoms with van der Waals surface area (Å²) in [6.45, 7) is 2.53. The third-order valence-electron chi connectivity index (χ3n) is 1.91. The van der Waals surface area contributed by atoms with Gasteiger partial charge in [0.05, 0.1) is 0 Å². The van der Waals surface area contributed by atoms with Gasteiger partial charge in [-0.2, -0.15) is 0 Å². The topological polar surface area (TPSA) is 27.7 Å². The van der Waals surface area contributed by atoms with E-state index in [1.807, 2.05) is 25.1 Å². The Bertz CT molecular complexity index is 327. The van der Waals surface area contributed by atoms with Crippen molar-refractivity contribution in [3.05, 3.63) is 23.8 Å². The van der Waals surface area contributed by atoms with Crippen molar-refractivity contribution in [2.24, 2.45) is 0 Å². The first kappa shape index (κ1) is 12.3. The molecular weight excluding hydrogens is 232 g/mol. The second-order valence-corrected chi connectivity index (χ2v) is 3.34. The summed E-state index contributed by atoms with van der Waals surface area (Å²) in [4.78, 5) is 0. The molecule has 1 rings (SSSR count). The Morgan fingerprint density at radius 3 is 2.13 bits per heavy atom. The van der Waals surface area contributed by atoms with Gasteiger partial charge in [-0.15, -0.1) is 0 Å².